The fourth-order valence-electron chi connectivity index (χ4n) is 4.43. The maximum Gasteiger partial charge on any atom is 0.239 e. The monoisotopic (exact) mass is 444 g/mol. The van der Waals surface area contributed by atoms with Gasteiger partial charge in [-0.05, 0) is 48.1 Å². The van der Waals surface area contributed by atoms with E-state index in [1.54, 1.807) is 23.7 Å². The number of ketones is 1. The number of benzene rings is 1. The summed E-state index contributed by atoms with van der Waals surface area (Å²) >= 11 is 1.62. The number of fused-ring (bicyclic) bond motifs is 1. The van der Waals surface area contributed by atoms with Crippen LogP contribution in [0.2, 0.25) is 0 Å². The number of nitrogens with zero attached hydrogens (tertiary/aromatic N) is 2. The number of anilines is 2. The molecule has 0 radical (unpaired) electrons. The Morgan fingerprint density at radius 3 is 2.88 bits per heavy atom. The number of para-hydroxylation sites is 2. The number of carbonyl (C=O) groups excluding carboxylic acids is 2. The second-order valence-electron chi connectivity index (χ2n) is 7.99. The maximum atomic E-state index is 13.2. The first-order valence-electron chi connectivity index (χ1n) is 10.8. The first kappa shape index (κ1) is 20.5. The van der Waals surface area contributed by atoms with E-state index >= 15 is 0 Å². The van der Waals surface area contributed by atoms with E-state index in [-0.39, 0.29) is 24.3 Å². The first-order chi connectivity index (χ1) is 15.7. The van der Waals surface area contributed by atoms with Crippen LogP contribution in [0.3, 0.4) is 0 Å². The Kier molecular flexibility index (Phi) is 5.73. The third-order valence-electron chi connectivity index (χ3n) is 5.88. The van der Waals surface area contributed by atoms with Crippen molar-refractivity contribution in [1.29, 1.82) is 0 Å². The Bertz CT molecular complexity index is 1160. The summed E-state index contributed by atoms with van der Waals surface area (Å²) in [6.07, 6.45) is 5.68. The minimum atomic E-state index is -0.293. The molecule has 3 heterocycles. The van der Waals surface area contributed by atoms with Crippen molar-refractivity contribution in [3.63, 3.8) is 0 Å². The number of pyridine rings is 1. The number of aromatic nitrogens is 1. The zero-order chi connectivity index (χ0) is 21.9. The van der Waals surface area contributed by atoms with Crippen LogP contribution in [0.1, 0.15) is 35.7 Å². The molecular weight excluding hydrogens is 420 g/mol. The molecule has 1 amide bonds. The van der Waals surface area contributed by atoms with Crippen molar-refractivity contribution in [3.8, 4) is 0 Å². The Morgan fingerprint density at radius 1 is 1.16 bits per heavy atom. The smallest absolute Gasteiger partial charge is 0.239 e. The van der Waals surface area contributed by atoms with Gasteiger partial charge in [-0.1, -0.05) is 24.3 Å². The summed E-state index contributed by atoms with van der Waals surface area (Å²) in [5, 5.41) is 8.56. The lowest BCUT2D eigenvalue weighted by Gasteiger charge is -2.34. The fourth-order valence-corrected chi connectivity index (χ4v) is 5.28. The molecule has 1 aliphatic heterocycles. The molecule has 1 aliphatic carbocycles. The topological polar surface area (TPSA) is 74.3 Å². The zero-order valence-corrected chi connectivity index (χ0v) is 18.4. The Hall–Kier alpha value is -3.45. The number of Topliss-reactive ketones (excluding diaryl/α,β-unsaturated/α-hetero) is 1. The number of amides is 1. The molecular formula is C25H24N4O2S. The third-order valence-corrected chi connectivity index (χ3v) is 6.80. The van der Waals surface area contributed by atoms with Gasteiger partial charge in [-0.2, -0.15) is 0 Å². The number of hydrogen-bond acceptors (Lipinski definition) is 6. The molecule has 0 saturated carbocycles. The van der Waals surface area contributed by atoms with Gasteiger partial charge < -0.3 is 15.5 Å². The average Bonchev–Trinajstić information content (AvgIpc) is 3.30. The predicted molar refractivity (Wildman–Crippen MR) is 126 cm³/mol. The van der Waals surface area contributed by atoms with Crippen molar-refractivity contribution in [2.24, 2.45) is 0 Å². The molecule has 32 heavy (non-hydrogen) atoms. The van der Waals surface area contributed by atoms with Crippen LogP contribution in [0.15, 0.2) is 77.6 Å². The van der Waals surface area contributed by atoms with Gasteiger partial charge in [0.25, 0.3) is 0 Å². The second-order valence-corrected chi connectivity index (χ2v) is 8.97. The van der Waals surface area contributed by atoms with Gasteiger partial charge in [0.1, 0.15) is 0 Å². The van der Waals surface area contributed by atoms with E-state index in [0.29, 0.717) is 13.0 Å². The summed E-state index contributed by atoms with van der Waals surface area (Å²) in [7, 11) is 0. The fraction of sp³-hybridized carbons (Fsp3) is 0.240. The van der Waals surface area contributed by atoms with Crippen molar-refractivity contribution in [2.75, 3.05) is 16.8 Å². The van der Waals surface area contributed by atoms with Crippen molar-refractivity contribution >= 4 is 34.4 Å². The molecule has 162 valence electrons. The third kappa shape index (κ3) is 4.03. The van der Waals surface area contributed by atoms with Crippen LogP contribution in [-0.4, -0.2) is 23.2 Å². The lowest BCUT2D eigenvalue weighted by molar-refractivity contribution is -0.120. The highest BCUT2D eigenvalue weighted by Gasteiger charge is 2.37. The quantitative estimate of drug-likeness (QED) is 0.609. The molecule has 2 aliphatic rings. The lowest BCUT2D eigenvalue weighted by Crippen LogP contribution is -2.40. The number of rotatable bonds is 5. The van der Waals surface area contributed by atoms with Gasteiger partial charge in [-0.3, -0.25) is 14.6 Å². The molecule has 1 atom stereocenters. The van der Waals surface area contributed by atoms with Gasteiger partial charge in [-0.25, -0.2) is 0 Å². The summed E-state index contributed by atoms with van der Waals surface area (Å²) in [6, 6.07) is 15.5. The van der Waals surface area contributed by atoms with Gasteiger partial charge in [-0.15, -0.1) is 11.3 Å². The van der Waals surface area contributed by atoms with Crippen molar-refractivity contribution in [1.82, 2.24) is 10.3 Å². The van der Waals surface area contributed by atoms with Gasteiger partial charge in [0.05, 0.1) is 24.0 Å². The van der Waals surface area contributed by atoms with E-state index in [2.05, 4.69) is 26.6 Å². The lowest BCUT2D eigenvalue weighted by atomic mass is 9.88. The summed E-state index contributed by atoms with van der Waals surface area (Å²) in [5.41, 5.74) is 4.56. The summed E-state index contributed by atoms with van der Waals surface area (Å²) in [4.78, 5) is 33.5. The van der Waals surface area contributed by atoms with E-state index in [9.17, 15) is 9.59 Å². The molecule has 0 bridgehead atoms. The predicted octanol–water partition coefficient (Wildman–Crippen LogP) is 4.44. The first-order valence-corrected chi connectivity index (χ1v) is 11.7. The Balaban J connectivity index is 1.52. The molecule has 1 aromatic carbocycles. The highest BCUT2D eigenvalue weighted by Crippen LogP contribution is 2.45. The average molecular weight is 445 g/mol. The van der Waals surface area contributed by atoms with Gasteiger partial charge >= 0.3 is 0 Å². The molecule has 1 unspecified atom stereocenters. The van der Waals surface area contributed by atoms with Crippen molar-refractivity contribution in [2.45, 2.75) is 31.8 Å². The van der Waals surface area contributed by atoms with Crippen LogP contribution in [0, 0.1) is 0 Å². The van der Waals surface area contributed by atoms with E-state index < -0.39 is 0 Å². The molecule has 0 fully saturated rings. The van der Waals surface area contributed by atoms with Crippen molar-refractivity contribution in [3.05, 3.63) is 88.0 Å². The van der Waals surface area contributed by atoms with E-state index in [1.807, 2.05) is 47.8 Å². The van der Waals surface area contributed by atoms with Crippen molar-refractivity contribution < 1.29 is 9.59 Å². The molecule has 2 N–H and O–H groups in total. The summed E-state index contributed by atoms with van der Waals surface area (Å²) in [5.74, 6) is 0.0586. The molecule has 6 nitrogen and oxygen atoms in total. The molecule has 0 spiro atoms. The van der Waals surface area contributed by atoms with Crippen LogP contribution in [0.25, 0.3) is 0 Å². The molecule has 0 saturated heterocycles. The van der Waals surface area contributed by atoms with Crippen LogP contribution >= 0.6 is 11.3 Å². The minimum absolute atomic E-state index is 0.0995. The Morgan fingerprint density at radius 2 is 2.06 bits per heavy atom. The normalized spacial score (nSPS) is 17.8. The molecule has 7 heteroatoms. The van der Waals surface area contributed by atoms with Gasteiger partial charge in [0.15, 0.2) is 5.78 Å². The highest BCUT2D eigenvalue weighted by atomic mass is 32.1. The molecule has 5 rings (SSSR count). The van der Waals surface area contributed by atoms with E-state index in [1.165, 1.54) is 0 Å². The van der Waals surface area contributed by atoms with E-state index in [4.69, 9.17) is 0 Å². The Labute approximate surface area is 191 Å². The SMILES string of the molecule is O=C(CN1c2ccccc2NC2=C(C(=O)CCC2)C1c1cccs1)NCc1cccnc1. The summed E-state index contributed by atoms with van der Waals surface area (Å²) < 4.78 is 0. The minimum Gasteiger partial charge on any atom is -0.357 e. The van der Waals surface area contributed by atoms with Crippen LogP contribution in [0.4, 0.5) is 11.4 Å². The highest BCUT2D eigenvalue weighted by molar-refractivity contribution is 7.10. The number of hydrogen-bond donors (Lipinski definition) is 2. The molecule has 2 aromatic heterocycles. The number of nitrogens with one attached hydrogen (secondary N) is 2. The number of allylic oxidation sites excluding steroid dienone is 1. The number of carbonyl (C=O) groups is 2. The zero-order valence-electron chi connectivity index (χ0n) is 17.6. The van der Waals surface area contributed by atoms with Crippen LogP contribution in [0.5, 0.6) is 0 Å². The van der Waals surface area contributed by atoms with Crippen LogP contribution in [-0.2, 0) is 16.1 Å². The summed E-state index contributed by atoms with van der Waals surface area (Å²) in [6.45, 7) is 0.558. The van der Waals surface area contributed by atoms with E-state index in [0.717, 1.165) is 45.9 Å². The standard InChI is InChI=1S/C25H24N4O2S/c30-21-10-3-8-19-24(21)25(22-11-5-13-32-22)29(20-9-2-1-7-18(20)28-19)16-23(31)27-15-17-6-4-12-26-14-17/h1-2,4-7,9,11-14,25,28H,3,8,10,15-16H2,(H,27,31). The second kappa shape index (κ2) is 8.96. The largest absolute Gasteiger partial charge is 0.357 e. The van der Waals surface area contributed by atoms with Gasteiger partial charge in [0, 0.05) is 41.5 Å². The molecule has 3 aromatic rings. The number of thiophene rings is 1. The maximum absolute atomic E-state index is 13.2. The van der Waals surface area contributed by atoms with Gasteiger partial charge in [0.2, 0.25) is 5.91 Å². The van der Waals surface area contributed by atoms with Crippen LogP contribution < -0.4 is 15.5 Å².